The predicted molar refractivity (Wildman–Crippen MR) is 65.7 cm³/mol. The number of carbonyl (C=O) groups is 1. The van der Waals surface area contributed by atoms with Crippen molar-refractivity contribution in [3.63, 3.8) is 0 Å². The summed E-state index contributed by atoms with van der Waals surface area (Å²) in [6, 6.07) is 7.89. The van der Waals surface area contributed by atoms with Gasteiger partial charge in [0, 0.05) is 25.7 Å². The summed E-state index contributed by atoms with van der Waals surface area (Å²) in [7, 11) is 0. The molecule has 3 nitrogen and oxygen atoms in total. The molecule has 0 aromatic heterocycles. The summed E-state index contributed by atoms with van der Waals surface area (Å²) in [4.78, 5) is 13.0. The number of hydrogen-bond donors (Lipinski definition) is 1. The second kappa shape index (κ2) is 4.39. The van der Waals surface area contributed by atoms with Gasteiger partial charge in [-0.2, -0.15) is 0 Å². The van der Waals surface area contributed by atoms with Crippen LogP contribution in [0.3, 0.4) is 0 Å². The monoisotopic (exact) mass is 216 g/mol. The summed E-state index contributed by atoms with van der Waals surface area (Å²) in [6.45, 7) is 3.12. The van der Waals surface area contributed by atoms with Crippen molar-refractivity contribution in [2.75, 3.05) is 18.8 Å². The number of benzene rings is 1. The molecule has 1 amide bonds. The van der Waals surface area contributed by atoms with Crippen molar-refractivity contribution in [3.8, 4) is 0 Å². The number of nitrogen functional groups attached to an aromatic ring is 1. The topological polar surface area (TPSA) is 46.3 Å². The first kappa shape index (κ1) is 10.7. The minimum absolute atomic E-state index is 0.142. The zero-order chi connectivity index (χ0) is 11.5. The Balaban J connectivity index is 2.16. The van der Waals surface area contributed by atoms with E-state index < -0.39 is 0 Å². The van der Waals surface area contributed by atoms with Gasteiger partial charge in [0.05, 0.1) is 0 Å². The quantitative estimate of drug-likeness (QED) is 0.729. The van der Waals surface area contributed by atoms with Gasteiger partial charge in [0.1, 0.15) is 0 Å². The van der Waals surface area contributed by atoms with Crippen molar-refractivity contribution in [3.05, 3.63) is 35.9 Å². The van der Waals surface area contributed by atoms with E-state index in [-0.39, 0.29) is 5.91 Å². The van der Waals surface area contributed by atoms with Crippen molar-refractivity contribution < 1.29 is 4.79 Å². The second-order valence-corrected chi connectivity index (χ2v) is 4.07. The average Bonchev–Trinajstić information content (AvgIpc) is 2.29. The molecule has 1 aromatic rings. The lowest BCUT2D eigenvalue weighted by Crippen LogP contribution is -2.32. The van der Waals surface area contributed by atoms with Crippen LogP contribution in [0.5, 0.6) is 0 Å². The van der Waals surface area contributed by atoms with Crippen LogP contribution in [0.1, 0.15) is 18.9 Å². The summed E-state index contributed by atoms with van der Waals surface area (Å²) in [5.41, 5.74) is 8.99. The molecule has 2 N–H and O–H groups in total. The van der Waals surface area contributed by atoms with Gasteiger partial charge in [-0.1, -0.05) is 18.2 Å². The normalized spacial score (nSPS) is 15.8. The molecule has 1 aliphatic rings. The fourth-order valence-corrected chi connectivity index (χ4v) is 1.96. The zero-order valence-electron chi connectivity index (χ0n) is 9.44. The van der Waals surface area contributed by atoms with Gasteiger partial charge in [0.25, 0.3) is 0 Å². The van der Waals surface area contributed by atoms with Crippen molar-refractivity contribution in [2.24, 2.45) is 0 Å². The van der Waals surface area contributed by atoms with Crippen LogP contribution in [-0.2, 0) is 4.79 Å². The highest BCUT2D eigenvalue weighted by atomic mass is 16.2. The van der Waals surface area contributed by atoms with E-state index in [0.29, 0.717) is 6.54 Å². The van der Waals surface area contributed by atoms with Gasteiger partial charge in [-0.05, 0) is 29.7 Å². The Morgan fingerprint density at radius 3 is 2.81 bits per heavy atom. The van der Waals surface area contributed by atoms with Crippen LogP contribution >= 0.6 is 0 Å². The van der Waals surface area contributed by atoms with E-state index in [0.717, 1.165) is 18.7 Å². The smallest absolute Gasteiger partial charge is 0.219 e. The van der Waals surface area contributed by atoms with Crippen LogP contribution in [0.4, 0.5) is 5.69 Å². The van der Waals surface area contributed by atoms with Crippen LogP contribution < -0.4 is 5.73 Å². The largest absolute Gasteiger partial charge is 0.399 e. The summed E-state index contributed by atoms with van der Waals surface area (Å²) in [5.74, 6) is 0.142. The number of rotatable bonds is 1. The van der Waals surface area contributed by atoms with Gasteiger partial charge in [0.2, 0.25) is 5.91 Å². The maximum atomic E-state index is 11.2. The lowest BCUT2D eigenvalue weighted by Gasteiger charge is -2.25. The fourth-order valence-electron chi connectivity index (χ4n) is 1.96. The maximum absolute atomic E-state index is 11.2. The van der Waals surface area contributed by atoms with Crippen LogP contribution in [0.2, 0.25) is 0 Å². The third-order valence-electron chi connectivity index (χ3n) is 2.91. The zero-order valence-corrected chi connectivity index (χ0v) is 9.44. The Bertz CT molecular complexity index is 437. The van der Waals surface area contributed by atoms with Gasteiger partial charge >= 0.3 is 0 Å². The lowest BCUT2D eigenvalue weighted by molar-refractivity contribution is -0.128. The Labute approximate surface area is 95.6 Å². The van der Waals surface area contributed by atoms with Crippen molar-refractivity contribution in [2.45, 2.75) is 13.3 Å². The van der Waals surface area contributed by atoms with Crippen LogP contribution in [-0.4, -0.2) is 23.9 Å². The van der Waals surface area contributed by atoms with Crippen LogP contribution in [0, 0.1) is 0 Å². The van der Waals surface area contributed by atoms with Crippen molar-refractivity contribution in [1.29, 1.82) is 0 Å². The summed E-state index contributed by atoms with van der Waals surface area (Å²) >= 11 is 0. The summed E-state index contributed by atoms with van der Waals surface area (Å²) < 4.78 is 0. The molecule has 3 heteroatoms. The van der Waals surface area contributed by atoms with Crippen molar-refractivity contribution in [1.82, 2.24) is 4.90 Å². The molecule has 1 heterocycles. The van der Waals surface area contributed by atoms with E-state index in [9.17, 15) is 4.79 Å². The van der Waals surface area contributed by atoms with Gasteiger partial charge in [-0.25, -0.2) is 0 Å². The Morgan fingerprint density at radius 1 is 1.44 bits per heavy atom. The third-order valence-corrected chi connectivity index (χ3v) is 2.91. The summed E-state index contributed by atoms with van der Waals surface area (Å²) in [5, 5.41) is 0. The highest BCUT2D eigenvalue weighted by molar-refractivity contribution is 5.76. The predicted octanol–water partition coefficient (Wildman–Crippen LogP) is 1.90. The first-order chi connectivity index (χ1) is 7.66. The molecule has 0 spiro atoms. The number of nitrogens with two attached hydrogens (primary N) is 1. The van der Waals surface area contributed by atoms with E-state index in [2.05, 4.69) is 12.1 Å². The molecule has 16 heavy (non-hydrogen) atoms. The number of hydrogen-bond acceptors (Lipinski definition) is 2. The molecule has 84 valence electrons. The van der Waals surface area contributed by atoms with Gasteiger partial charge in [-0.15, -0.1) is 0 Å². The van der Waals surface area contributed by atoms with E-state index in [1.165, 1.54) is 11.1 Å². The molecular formula is C13H16N2O. The molecule has 0 radical (unpaired) electrons. The molecule has 2 rings (SSSR count). The number of carbonyl (C=O) groups excluding carboxylic acids is 1. The molecule has 0 atom stereocenters. The number of anilines is 1. The lowest BCUT2D eigenvalue weighted by atomic mass is 9.99. The molecule has 0 unspecified atom stereocenters. The highest BCUT2D eigenvalue weighted by Crippen LogP contribution is 2.23. The molecule has 1 aliphatic heterocycles. The molecule has 1 aromatic carbocycles. The Kier molecular flexibility index (Phi) is 2.95. The number of amides is 1. The minimum atomic E-state index is 0.142. The first-order valence-corrected chi connectivity index (χ1v) is 5.47. The summed E-state index contributed by atoms with van der Waals surface area (Å²) in [6.07, 6.45) is 3.02. The van der Waals surface area contributed by atoms with Gasteiger partial charge < -0.3 is 10.6 Å². The van der Waals surface area contributed by atoms with Gasteiger partial charge in [-0.3, -0.25) is 4.79 Å². The molecule has 0 bridgehead atoms. The standard InChI is InChI=1S/C13H16N2O/c1-10(16)15-7-5-11(6-8-15)12-3-2-4-13(14)9-12/h2-5,9H,6-8,14H2,1H3. The molecule has 0 saturated heterocycles. The molecule has 0 aliphatic carbocycles. The third kappa shape index (κ3) is 2.24. The average molecular weight is 216 g/mol. The molecule has 0 fully saturated rings. The first-order valence-electron chi connectivity index (χ1n) is 5.47. The van der Waals surface area contributed by atoms with E-state index in [1.807, 2.05) is 23.1 Å². The Morgan fingerprint density at radius 2 is 2.25 bits per heavy atom. The SMILES string of the molecule is CC(=O)N1CC=C(c2cccc(N)c2)CC1. The van der Waals surface area contributed by atoms with E-state index in [4.69, 9.17) is 5.73 Å². The van der Waals surface area contributed by atoms with Crippen LogP contribution in [0.25, 0.3) is 5.57 Å². The minimum Gasteiger partial charge on any atom is -0.399 e. The second-order valence-electron chi connectivity index (χ2n) is 4.07. The Hall–Kier alpha value is -1.77. The highest BCUT2D eigenvalue weighted by Gasteiger charge is 2.14. The van der Waals surface area contributed by atoms with E-state index >= 15 is 0 Å². The molecular weight excluding hydrogens is 200 g/mol. The van der Waals surface area contributed by atoms with Crippen LogP contribution in [0.15, 0.2) is 30.3 Å². The maximum Gasteiger partial charge on any atom is 0.219 e. The molecule has 0 saturated carbocycles. The van der Waals surface area contributed by atoms with Crippen molar-refractivity contribution >= 4 is 17.2 Å². The van der Waals surface area contributed by atoms with E-state index in [1.54, 1.807) is 6.92 Å². The fraction of sp³-hybridized carbons (Fsp3) is 0.308. The number of nitrogens with zero attached hydrogens (tertiary/aromatic N) is 1. The van der Waals surface area contributed by atoms with Gasteiger partial charge in [0.15, 0.2) is 0 Å².